The zero-order valence-electron chi connectivity index (χ0n) is 13.8. The van der Waals surface area contributed by atoms with Gasteiger partial charge < -0.3 is 15.4 Å². The van der Waals surface area contributed by atoms with E-state index in [4.69, 9.17) is 10.5 Å². The van der Waals surface area contributed by atoms with Gasteiger partial charge in [-0.1, -0.05) is 26.7 Å². The highest BCUT2D eigenvalue weighted by atomic mass is 16.5. The third-order valence-corrected chi connectivity index (χ3v) is 4.41. The van der Waals surface area contributed by atoms with E-state index in [0.717, 1.165) is 19.3 Å². The first-order valence-corrected chi connectivity index (χ1v) is 8.39. The Kier molecular flexibility index (Phi) is 6.20. The van der Waals surface area contributed by atoms with Crippen molar-refractivity contribution >= 4 is 11.8 Å². The Balaban J connectivity index is 1.97. The maximum Gasteiger partial charge on any atom is 0.237 e. The molecule has 0 aromatic carbocycles. The smallest absolute Gasteiger partial charge is 0.237 e. The van der Waals surface area contributed by atoms with Crippen molar-refractivity contribution in [1.29, 1.82) is 0 Å². The zero-order valence-corrected chi connectivity index (χ0v) is 13.8. The molecule has 2 amide bonds. The van der Waals surface area contributed by atoms with Crippen molar-refractivity contribution in [3.63, 3.8) is 0 Å². The highest BCUT2D eigenvalue weighted by molar-refractivity contribution is 5.80. The number of primary amides is 1. The molecule has 0 radical (unpaired) electrons. The molecule has 2 rings (SSSR count). The topological polar surface area (TPSA) is 75.9 Å². The Morgan fingerprint density at radius 2 is 2.00 bits per heavy atom. The molecule has 1 saturated carbocycles. The maximum absolute atomic E-state index is 12.7. The van der Waals surface area contributed by atoms with E-state index in [0.29, 0.717) is 25.6 Å². The first-order chi connectivity index (χ1) is 10.5. The van der Waals surface area contributed by atoms with E-state index in [9.17, 15) is 9.59 Å². The summed E-state index contributed by atoms with van der Waals surface area (Å²) in [7, 11) is 0. The fourth-order valence-electron chi connectivity index (χ4n) is 3.61. The molecule has 0 aromatic heterocycles. The molecule has 2 atom stereocenters. The Hall–Kier alpha value is -1.14. The largest absolute Gasteiger partial charge is 0.374 e. The third-order valence-electron chi connectivity index (χ3n) is 4.41. The summed E-state index contributed by atoms with van der Waals surface area (Å²) in [6.07, 6.45) is 4.61. The molecule has 6 nitrogen and oxygen atoms in total. The molecule has 0 spiro atoms. The van der Waals surface area contributed by atoms with E-state index in [1.807, 2.05) is 9.80 Å². The van der Waals surface area contributed by atoms with Crippen molar-refractivity contribution in [3.05, 3.63) is 0 Å². The summed E-state index contributed by atoms with van der Waals surface area (Å²) in [5, 5.41) is 0. The van der Waals surface area contributed by atoms with Crippen LogP contribution in [0.5, 0.6) is 0 Å². The van der Waals surface area contributed by atoms with E-state index in [-0.39, 0.29) is 37.0 Å². The van der Waals surface area contributed by atoms with Crippen molar-refractivity contribution in [1.82, 2.24) is 9.80 Å². The van der Waals surface area contributed by atoms with E-state index in [2.05, 4.69) is 13.8 Å². The Morgan fingerprint density at radius 1 is 1.27 bits per heavy atom. The van der Waals surface area contributed by atoms with Crippen LogP contribution in [-0.2, 0) is 14.3 Å². The van der Waals surface area contributed by atoms with Gasteiger partial charge in [0.1, 0.15) is 0 Å². The minimum Gasteiger partial charge on any atom is -0.374 e. The number of rotatable bonds is 6. The Morgan fingerprint density at radius 3 is 2.68 bits per heavy atom. The molecule has 1 saturated heterocycles. The predicted octanol–water partition coefficient (Wildman–Crippen LogP) is 0.600. The average Bonchev–Trinajstić information content (AvgIpc) is 2.45. The minimum atomic E-state index is -0.383. The van der Waals surface area contributed by atoms with Crippen LogP contribution in [-0.4, -0.2) is 66.5 Å². The monoisotopic (exact) mass is 311 g/mol. The normalized spacial score (nSPS) is 25.4. The number of nitrogens with zero attached hydrogens (tertiary/aromatic N) is 2. The zero-order chi connectivity index (χ0) is 16.1. The molecule has 6 heteroatoms. The van der Waals surface area contributed by atoms with Crippen LogP contribution in [0.2, 0.25) is 0 Å². The second-order valence-corrected chi connectivity index (χ2v) is 6.88. The number of amides is 2. The number of carbonyl (C=O) groups is 2. The summed E-state index contributed by atoms with van der Waals surface area (Å²) in [4.78, 5) is 27.8. The van der Waals surface area contributed by atoms with Crippen LogP contribution < -0.4 is 5.73 Å². The molecule has 2 aliphatic rings. The second-order valence-electron chi connectivity index (χ2n) is 6.88. The number of ether oxygens (including phenoxy) is 1. The lowest BCUT2D eigenvalue weighted by Crippen LogP contribution is -2.57. The number of hydrogen-bond acceptors (Lipinski definition) is 4. The summed E-state index contributed by atoms with van der Waals surface area (Å²) in [6, 6.07) is 0.212. The standard InChI is InChI=1S/C16H29N3O3/c1-12(2)9-18(10-15(17)20)11-16(21)19-7-8-22-14-6-4-3-5-13(14)19/h12-14H,3-11H2,1-2H3,(H2,17,20)/t13-,14+/m1/s1. The summed E-state index contributed by atoms with van der Waals surface area (Å²) in [5.41, 5.74) is 5.30. The van der Waals surface area contributed by atoms with E-state index < -0.39 is 0 Å². The van der Waals surface area contributed by atoms with Gasteiger partial charge in [0.25, 0.3) is 0 Å². The van der Waals surface area contributed by atoms with Gasteiger partial charge in [-0.3, -0.25) is 14.5 Å². The average molecular weight is 311 g/mol. The Bertz CT molecular complexity index is 398. The molecular weight excluding hydrogens is 282 g/mol. The van der Waals surface area contributed by atoms with Gasteiger partial charge in [0.2, 0.25) is 11.8 Å². The molecule has 2 fully saturated rings. The number of fused-ring (bicyclic) bond motifs is 1. The van der Waals surface area contributed by atoms with Gasteiger partial charge in [-0.15, -0.1) is 0 Å². The van der Waals surface area contributed by atoms with Crippen molar-refractivity contribution in [2.75, 3.05) is 32.8 Å². The van der Waals surface area contributed by atoms with Gasteiger partial charge in [-0.25, -0.2) is 0 Å². The second kappa shape index (κ2) is 7.92. The van der Waals surface area contributed by atoms with E-state index in [1.54, 1.807) is 0 Å². The number of nitrogens with two attached hydrogens (primary N) is 1. The van der Waals surface area contributed by atoms with Crippen molar-refractivity contribution < 1.29 is 14.3 Å². The number of morpholine rings is 1. The first-order valence-electron chi connectivity index (χ1n) is 8.39. The first kappa shape index (κ1) is 17.2. The van der Waals surface area contributed by atoms with E-state index >= 15 is 0 Å². The third kappa shape index (κ3) is 4.68. The molecule has 1 aliphatic carbocycles. The minimum absolute atomic E-state index is 0.0992. The van der Waals surface area contributed by atoms with Crippen molar-refractivity contribution in [2.24, 2.45) is 11.7 Å². The molecule has 0 aromatic rings. The van der Waals surface area contributed by atoms with Crippen LogP contribution in [0, 0.1) is 5.92 Å². The van der Waals surface area contributed by atoms with Crippen LogP contribution >= 0.6 is 0 Å². The number of hydrogen-bond donors (Lipinski definition) is 1. The van der Waals surface area contributed by atoms with Crippen molar-refractivity contribution in [3.8, 4) is 0 Å². The highest BCUT2D eigenvalue weighted by Gasteiger charge is 2.36. The van der Waals surface area contributed by atoms with Gasteiger partial charge in [0.05, 0.1) is 31.8 Å². The highest BCUT2D eigenvalue weighted by Crippen LogP contribution is 2.28. The van der Waals surface area contributed by atoms with Crippen LogP contribution in [0.4, 0.5) is 0 Å². The molecule has 0 unspecified atom stereocenters. The van der Waals surface area contributed by atoms with Crippen LogP contribution in [0.1, 0.15) is 39.5 Å². The summed E-state index contributed by atoms with van der Waals surface area (Å²) in [5.74, 6) is 0.104. The molecule has 126 valence electrons. The molecule has 1 aliphatic heterocycles. The van der Waals surface area contributed by atoms with Crippen molar-refractivity contribution in [2.45, 2.75) is 51.7 Å². The lowest BCUT2D eigenvalue weighted by molar-refractivity contribution is -0.150. The van der Waals surface area contributed by atoms with Gasteiger partial charge >= 0.3 is 0 Å². The lowest BCUT2D eigenvalue weighted by Gasteiger charge is -2.44. The van der Waals surface area contributed by atoms with Gasteiger partial charge in [-0.2, -0.15) is 0 Å². The van der Waals surface area contributed by atoms with E-state index in [1.165, 1.54) is 6.42 Å². The van der Waals surface area contributed by atoms with Crippen LogP contribution in [0.3, 0.4) is 0 Å². The van der Waals surface area contributed by atoms with Gasteiger partial charge in [0, 0.05) is 13.1 Å². The predicted molar refractivity (Wildman–Crippen MR) is 84.2 cm³/mol. The lowest BCUT2D eigenvalue weighted by atomic mass is 9.90. The summed E-state index contributed by atoms with van der Waals surface area (Å²) in [6.45, 7) is 6.54. The molecule has 2 N–H and O–H groups in total. The molecule has 1 heterocycles. The van der Waals surface area contributed by atoms with Gasteiger partial charge in [0.15, 0.2) is 0 Å². The fourth-order valence-corrected chi connectivity index (χ4v) is 3.61. The SMILES string of the molecule is CC(C)CN(CC(N)=O)CC(=O)N1CCO[C@H]2CCCC[C@H]21. The van der Waals surface area contributed by atoms with Crippen LogP contribution in [0.25, 0.3) is 0 Å². The molecule has 22 heavy (non-hydrogen) atoms. The fraction of sp³-hybridized carbons (Fsp3) is 0.875. The maximum atomic E-state index is 12.7. The Labute approximate surface area is 132 Å². The quantitative estimate of drug-likeness (QED) is 0.779. The molecular formula is C16H29N3O3. The van der Waals surface area contributed by atoms with Gasteiger partial charge in [-0.05, 0) is 18.8 Å². The summed E-state index contributed by atoms with van der Waals surface area (Å²) < 4.78 is 5.81. The summed E-state index contributed by atoms with van der Waals surface area (Å²) >= 11 is 0. The molecule has 0 bridgehead atoms. The number of carbonyl (C=O) groups excluding carboxylic acids is 2. The van der Waals surface area contributed by atoms with Crippen LogP contribution in [0.15, 0.2) is 0 Å².